The van der Waals surface area contributed by atoms with Gasteiger partial charge in [0.05, 0.1) is 6.10 Å². The lowest BCUT2D eigenvalue weighted by Gasteiger charge is -2.29. The SMILES string of the molecule is CC1CNCCC1OCCCO. The highest BCUT2D eigenvalue weighted by Crippen LogP contribution is 2.14. The zero-order valence-corrected chi connectivity index (χ0v) is 7.75. The van der Waals surface area contributed by atoms with Crippen molar-refractivity contribution in [2.24, 2.45) is 5.92 Å². The van der Waals surface area contributed by atoms with Gasteiger partial charge in [0, 0.05) is 19.8 Å². The van der Waals surface area contributed by atoms with Crippen LogP contribution in [-0.4, -0.2) is 37.5 Å². The Hall–Kier alpha value is -0.120. The quantitative estimate of drug-likeness (QED) is 0.604. The molecule has 0 aromatic rings. The summed E-state index contributed by atoms with van der Waals surface area (Å²) in [5.74, 6) is 0.609. The van der Waals surface area contributed by atoms with Gasteiger partial charge in [-0.1, -0.05) is 6.92 Å². The first kappa shape index (κ1) is 9.96. The minimum absolute atomic E-state index is 0.235. The van der Waals surface area contributed by atoms with Crippen LogP contribution < -0.4 is 5.32 Å². The van der Waals surface area contributed by atoms with Crippen LogP contribution in [0.1, 0.15) is 19.8 Å². The van der Waals surface area contributed by atoms with Crippen molar-refractivity contribution in [2.75, 3.05) is 26.3 Å². The van der Waals surface area contributed by atoms with E-state index >= 15 is 0 Å². The minimum Gasteiger partial charge on any atom is -0.396 e. The van der Waals surface area contributed by atoms with E-state index in [4.69, 9.17) is 9.84 Å². The number of hydrogen-bond donors (Lipinski definition) is 2. The van der Waals surface area contributed by atoms with Gasteiger partial charge in [-0.25, -0.2) is 0 Å². The van der Waals surface area contributed by atoms with Gasteiger partial charge in [0.25, 0.3) is 0 Å². The van der Waals surface area contributed by atoms with E-state index in [1.165, 1.54) is 0 Å². The molecule has 0 amide bonds. The Balaban J connectivity index is 2.11. The highest BCUT2D eigenvalue weighted by Gasteiger charge is 2.20. The Morgan fingerprint density at radius 2 is 2.42 bits per heavy atom. The molecule has 3 heteroatoms. The molecule has 1 rings (SSSR count). The zero-order chi connectivity index (χ0) is 8.81. The van der Waals surface area contributed by atoms with E-state index in [-0.39, 0.29) is 6.61 Å². The molecule has 0 radical (unpaired) electrons. The van der Waals surface area contributed by atoms with Crippen molar-refractivity contribution in [2.45, 2.75) is 25.9 Å². The summed E-state index contributed by atoms with van der Waals surface area (Å²) in [6.45, 7) is 5.26. The molecule has 2 atom stereocenters. The van der Waals surface area contributed by atoms with Gasteiger partial charge >= 0.3 is 0 Å². The van der Waals surface area contributed by atoms with E-state index in [0.29, 0.717) is 18.6 Å². The van der Waals surface area contributed by atoms with Gasteiger partial charge < -0.3 is 15.2 Å². The van der Waals surface area contributed by atoms with Crippen LogP contribution in [0.25, 0.3) is 0 Å². The summed E-state index contributed by atoms with van der Waals surface area (Å²) >= 11 is 0. The molecular weight excluding hydrogens is 154 g/mol. The summed E-state index contributed by atoms with van der Waals surface area (Å²) in [6, 6.07) is 0. The molecule has 0 saturated carbocycles. The van der Waals surface area contributed by atoms with Gasteiger partial charge in [-0.15, -0.1) is 0 Å². The fourth-order valence-electron chi connectivity index (χ4n) is 1.54. The van der Waals surface area contributed by atoms with Gasteiger partial charge in [-0.2, -0.15) is 0 Å². The summed E-state index contributed by atoms with van der Waals surface area (Å²) in [5.41, 5.74) is 0. The van der Waals surface area contributed by atoms with Crippen molar-refractivity contribution >= 4 is 0 Å². The lowest BCUT2D eigenvalue weighted by Crippen LogP contribution is -2.40. The standard InChI is InChI=1S/C9H19NO2/c1-8-7-10-4-3-9(8)12-6-2-5-11/h8-11H,2-7H2,1H3. The van der Waals surface area contributed by atoms with Crippen LogP contribution in [0.5, 0.6) is 0 Å². The topological polar surface area (TPSA) is 41.5 Å². The lowest BCUT2D eigenvalue weighted by atomic mass is 9.98. The Morgan fingerprint density at radius 1 is 1.58 bits per heavy atom. The van der Waals surface area contributed by atoms with Crippen LogP contribution in [-0.2, 0) is 4.74 Å². The molecule has 1 aliphatic rings. The summed E-state index contributed by atoms with van der Waals surface area (Å²) in [7, 11) is 0. The molecule has 12 heavy (non-hydrogen) atoms. The second-order valence-corrected chi connectivity index (χ2v) is 3.46. The second kappa shape index (κ2) is 5.51. The molecular formula is C9H19NO2. The van der Waals surface area contributed by atoms with Gasteiger partial charge in [0.15, 0.2) is 0 Å². The molecule has 2 N–H and O–H groups in total. The average molecular weight is 173 g/mol. The van der Waals surface area contributed by atoms with Crippen LogP contribution in [0.15, 0.2) is 0 Å². The molecule has 0 bridgehead atoms. The number of aliphatic hydroxyl groups excluding tert-OH is 1. The first-order valence-corrected chi connectivity index (χ1v) is 4.77. The van der Waals surface area contributed by atoms with Gasteiger partial charge in [0.2, 0.25) is 0 Å². The van der Waals surface area contributed by atoms with E-state index in [0.717, 1.165) is 25.9 Å². The molecule has 1 aliphatic heterocycles. The summed E-state index contributed by atoms with van der Waals surface area (Å²) in [4.78, 5) is 0. The first-order valence-electron chi connectivity index (χ1n) is 4.77. The second-order valence-electron chi connectivity index (χ2n) is 3.46. The Kier molecular flexibility index (Phi) is 4.58. The van der Waals surface area contributed by atoms with Crippen molar-refractivity contribution in [3.8, 4) is 0 Å². The number of piperidine rings is 1. The normalized spacial score (nSPS) is 30.5. The minimum atomic E-state index is 0.235. The predicted molar refractivity (Wildman–Crippen MR) is 48.1 cm³/mol. The third-order valence-corrected chi connectivity index (χ3v) is 2.34. The molecule has 0 aromatic carbocycles. The smallest absolute Gasteiger partial charge is 0.0624 e. The van der Waals surface area contributed by atoms with Crippen LogP contribution >= 0.6 is 0 Å². The van der Waals surface area contributed by atoms with E-state index in [1.54, 1.807) is 0 Å². The zero-order valence-electron chi connectivity index (χ0n) is 7.75. The molecule has 1 heterocycles. The average Bonchev–Trinajstić information content (AvgIpc) is 2.09. The maximum absolute atomic E-state index is 8.57. The van der Waals surface area contributed by atoms with Crippen molar-refractivity contribution < 1.29 is 9.84 Å². The van der Waals surface area contributed by atoms with Gasteiger partial charge in [-0.05, 0) is 25.3 Å². The lowest BCUT2D eigenvalue weighted by molar-refractivity contribution is -0.00444. The highest BCUT2D eigenvalue weighted by atomic mass is 16.5. The van der Waals surface area contributed by atoms with Crippen LogP contribution in [0, 0.1) is 5.92 Å². The molecule has 3 nitrogen and oxygen atoms in total. The molecule has 2 unspecified atom stereocenters. The van der Waals surface area contributed by atoms with Crippen molar-refractivity contribution in [1.29, 1.82) is 0 Å². The molecule has 1 saturated heterocycles. The molecule has 1 fully saturated rings. The predicted octanol–water partition coefficient (Wildman–Crippen LogP) is 0.383. The number of rotatable bonds is 4. The summed E-state index contributed by atoms with van der Waals surface area (Å²) in [6.07, 6.45) is 2.27. The number of hydrogen-bond acceptors (Lipinski definition) is 3. The molecule has 0 aromatic heterocycles. The van der Waals surface area contributed by atoms with E-state index < -0.39 is 0 Å². The third-order valence-electron chi connectivity index (χ3n) is 2.34. The van der Waals surface area contributed by atoms with E-state index in [1.807, 2.05) is 0 Å². The van der Waals surface area contributed by atoms with Crippen molar-refractivity contribution in [3.05, 3.63) is 0 Å². The summed E-state index contributed by atoms with van der Waals surface area (Å²) in [5, 5.41) is 11.9. The van der Waals surface area contributed by atoms with E-state index in [2.05, 4.69) is 12.2 Å². The van der Waals surface area contributed by atoms with Crippen LogP contribution in [0.3, 0.4) is 0 Å². The first-order chi connectivity index (χ1) is 5.84. The molecule has 0 spiro atoms. The summed E-state index contributed by atoms with van der Waals surface area (Å²) < 4.78 is 5.64. The van der Waals surface area contributed by atoms with Crippen molar-refractivity contribution in [1.82, 2.24) is 5.32 Å². The Bertz CT molecular complexity index is 119. The fourth-order valence-corrected chi connectivity index (χ4v) is 1.54. The van der Waals surface area contributed by atoms with Crippen LogP contribution in [0.4, 0.5) is 0 Å². The maximum atomic E-state index is 8.57. The Morgan fingerprint density at radius 3 is 3.08 bits per heavy atom. The maximum Gasteiger partial charge on any atom is 0.0624 e. The largest absolute Gasteiger partial charge is 0.396 e. The monoisotopic (exact) mass is 173 g/mol. The van der Waals surface area contributed by atoms with E-state index in [9.17, 15) is 0 Å². The molecule has 0 aliphatic carbocycles. The fraction of sp³-hybridized carbons (Fsp3) is 1.00. The number of ether oxygens (including phenoxy) is 1. The highest BCUT2D eigenvalue weighted by molar-refractivity contribution is 4.75. The van der Waals surface area contributed by atoms with Crippen LogP contribution in [0.2, 0.25) is 0 Å². The third kappa shape index (κ3) is 3.09. The van der Waals surface area contributed by atoms with Gasteiger partial charge in [0.1, 0.15) is 0 Å². The molecule has 72 valence electrons. The van der Waals surface area contributed by atoms with Gasteiger partial charge in [-0.3, -0.25) is 0 Å². The Labute approximate surface area is 74.1 Å². The van der Waals surface area contributed by atoms with Crippen molar-refractivity contribution in [3.63, 3.8) is 0 Å². The number of nitrogens with one attached hydrogen (secondary N) is 1. The number of aliphatic hydroxyl groups is 1.